The van der Waals surface area contributed by atoms with Crippen molar-refractivity contribution >= 4 is 31.3 Å². The molecule has 0 saturated heterocycles. The molecular formula is C76H76O18P4. The van der Waals surface area contributed by atoms with E-state index in [1.807, 2.05) is 60.7 Å². The molecule has 0 aliphatic heterocycles. The van der Waals surface area contributed by atoms with E-state index in [-0.39, 0.29) is 66.1 Å². The normalized spacial score (nSPS) is 17.5. The minimum atomic E-state index is -5.14. The first-order valence-corrected chi connectivity index (χ1v) is 37.7. The van der Waals surface area contributed by atoms with Crippen molar-refractivity contribution in [3.05, 3.63) is 359 Å². The summed E-state index contributed by atoms with van der Waals surface area (Å²) in [6.07, 6.45) is -11.8. The topological polar surface area (TPSA) is 197 Å². The molecule has 0 radical (unpaired) electrons. The SMILES string of the molecule is O=P(OCc1ccccc1)(OCc1ccccc1)O[C@@H]1C(OCc2ccccc2)[C@H](OP(=O)(OCc2ccccc2)OCc2ccccc2)[C@@H](OP(=O)(OCc2ccccc2)OCc2ccccc2)C(OCc2ccccc2)[C@H]1OP(=O)(OCc1ccccc1)OCc1ccccc1. The minimum absolute atomic E-state index is 0.306. The van der Waals surface area contributed by atoms with Crippen LogP contribution >= 0.6 is 31.3 Å². The molecule has 98 heavy (non-hydrogen) atoms. The van der Waals surface area contributed by atoms with E-state index in [0.29, 0.717) is 55.6 Å². The monoisotopic (exact) mass is 1400 g/mol. The molecular weight excluding hydrogens is 1320 g/mol. The highest BCUT2D eigenvalue weighted by molar-refractivity contribution is 7.49. The number of hydrogen-bond donors (Lipinski definition) is 0. The second kappa shape index (κ2) is 36.6. The summed E-state index contributed by atoms with van der Waals surface area (Å²) in [5.74, 6) is 0. The molecule has 0 bridgehead atoms. The molecule has 11 rings (SSSR count). The molecule has 0 amide bonds. The van der Waals surface area contributed by atoms with Gasteiger partial charge in [-0.3, -0.25) is 54.3 Å². The average Bonchev–Trinajstić information content (AvgIpc) is 0.743. The second-order valence-corrected chi connectivity index (χ2v) is 29.2. The first-order valence-electron chi connectivity index (χ1n) is 31.9. The second-order valence-electron chi connectivity index (χ2n) is 22.7. The molecule has 1 aliphatic rings. The van der Waals surface area contributed by atoms with Gasteiger partial charge in [-0.1, -0.05) is 303 Å². The standard InChI is InChI=1S/C76H76O18P4/c77-95(83-53-63-35-15-3-16-36-63,84-54-64-37-17-4-18-38-64)91-73-71(81-51-61-31-11-1-12-32-61)74(92-96(78,85-55-65-39-19-5-20-40-65)86-56-66-41-21-6-22-42-66)76(94-98(80,89-59-69-47-27-9-28-48-69)90-60-70-49-29-10-30-50-70)72(82-52-62-33-13-2-14-34-62)75(73)93-97(79,87-57-67-43-23-7-24-44-67)88-58-68-45-25-8-26-46-68/h1-50,71-76H,51-60H2/t71?,72?,73-,74+,75-,76+. The van der Waals surface area contributed by atoms with Gasteiger partial charge in [-0.05, 0) is 55.6 Å². The number of phosphoric ester groups is 4. The van der Waals surface area contributed by atoms with Crippen LogP contribution in [-0.4, -0.2) is 36.6 Å². The molecule has 10 aromatic rings. The van der Waals surface area contributed by atoms with Gasteiger partial charge in [0.1, 0.15) is 36.6 Å². The van der Waals surface area contributed by atoms with Crippen molar-refractivity contribution in [1.82, 2.24) is 0 Å². The van der Waals surface area contributed by atoms with E-state index >= 15 is 18.3 Å². The summed E-state index contributed by atoms with van der Waals surface area (Å²) >= 11 is 0. The highest BCUT2D eigenvalue weighted by atomic mass is 31.2. The van der Waals surface area contributed by atoms with E-state index in [4.69, 9.17) is 63.8 Å². The fraction of sp³-hybridized carbons (Fsp3) is 0.211. The molecule has 0 heterocycles. The van der Waals surface area contributed by atoms with E-state index in [2.05, 4.69) is 0 Å². The molecule has 22 heteroatoms. The molecule has 2 unspecified atom stereocenters. The number of rotatable bonds is 38. The van der Waals surface area contributed by atoms with Gasteiger partial charge in [0.25, 0.3) is 0 Å². The molecule has 1 aliphatic carbocycles. The molecule has 0 N–H and O–H groups in total. The van der Waals surface area contributed by atoms with Crippen LogP contribution in [0, 0.1) is 0 Å². The van der Waals surface area contributed by atoms with E-state index < -0.39 is 67.9 Å². The van der Waals surface area contributed by atoms with Crippen LogP contribution in [0.2, 0.25) is 0 Å². The maximum atomic E-state index is 16.5. The Labute approximate surface area is 572 Å². The maximum absolute atomic E-state index is 16.5. The smallest absolute Gasteiger partial charge is 0.368 e. The van der Waals surface area contributed by atoms with Gasteiger partial charge in [-0.15, -0.1) is 0 Å². The van der Waals surface area contributed by atoms with Crippen molar-refractivity contribution in [3.63, 3.8) is 0 Å². The fourth-order valence-electron chi connectivity index (χ4n) is 10.3. The van der Waals surface area contributed by atoms with Crippen LogP contribution in [0.25, 0.3) is 0 Å². The zero-order valence-corrected chi connectivity index (χ0v) is 57.1. The van der Waals surface area contributed by atoms with Crippen LogP contribution in [0.1, 0.15) is 55.6 Å². The van der Waals surface area contributed by atoms with E-state index in [1.165, 1.54) is 0 Å². The number of phosphoric acid groups is 4. The third-order valence-corrected chi connectivity index (χ3v) is 20.9. The zero-order valence-electron chi connectivity index (χ0n) is 53.5. The summed E-state index contributed by atoms with van der Waals surface area (Å²) in [5.41, 5.74) is 5.79. The Morgan fingerprint density at radius 2 is 0.296 bits per heavy atom. The lowest BCUT2D eigenvalue weighted by Crippen LogP contribution is -2.67. The van der Waals surface area contributed by atoms with Gasteiger partial charge in [0.05, 0.1) is 66.1 Å². The summed E-state index contributed by atoms with van der Waals surface area (Å²) in [7, 11) is -20.5. The van der Waals surface area contributed by atoms with Gasteiger partial charge in [-0.2, -0.15) is 0 Å². The predicted octanol–water partition coefficient (Wildman–Crippen LogP) is 18.9. The molecule has 6 atom stereocenters. The van der Waals surface area contributed by atoms with Crippen molar-refractivity contribution in [3.8, 4) is 0 Å². The van der Waals surface area contributed by atoms with Crippen molar-refractivity contribution in [2.24, 2.45) is 0 Å². The van der Waals surface area contributed by atoms with Gasteiger partial charge in [0.2, 0.25) is 0 Å². The highest BCUT2D eigenvalue weighted by Gasteiger charge is 2.62. The van der Waals surface area contributed by atoms with Gasteiger partial charge in [0, 0.05) is 0 Å². The summed E-state index contributed by atoms with van der Waals surface area (Å²) < 4.78 is 160. The highest BCUT2D eigenvalue weighted by Crippen LogP contribution is 2.63. The molecule has 0 aromatic heterocycles. The maximum Gasteiger partial charge on any atom is 0.475 e. The largest absolute Gasteiger partial charge is 0.475 e. The minimum Gasteiger partial charge on any atom is -0.368 e. The van der Waals surface area contributed by atoms with Crippen molar-refractivity contribution in [2.75, 3.05) is 0 Å². The molecule has 1 fully saturated rings. The van der Waals surface area contributed by atoms with Crippen LogP contribution in [0.5, 0.6) is 0 Å². The predicted molar refractivity (Wildman–Crippen MR) is 370 cm³/mol. The Hall–Kier alpha value is -7.44. The number of ether oxygens (including phenoxy) is 2. The fourth-order valence-corrected chi connectivity index (χ4v) is 15.7. The van der Waals surface area contributed by atoms with Crippen molar-refractivity contribution in [2.45, 2.75) is 103 Å². The van der Waals surface area contributed by atoms with E-state index in [0.717, 1.165) is 0 Å². The van der Waals surface area contributed by atoms with Crippen LogP contribution < -0.4 is 0 Å². The summed E-state index contributed by atoms with van der Waals surface area (Å²) in [6.45, 7) is -3.31. The van der Waals surface area contributed by atoms with Gasteiger partial charge in [-0.25, -0.2) is 18.3 Å². The lowest BCUT2D eigenvalue weighted by Gasteiger charge is -2.50. The molecule has 508 valence electrons. The summed E-state index contributed by atoms with van der Waals surface area (Å²) in [5, 5.41) is 0. The Morgan fingerprint density at radius 3 is 0.429 bits per heavy atom. The van der Waals surface area contributed by atoms with Crippen LogP contribution in [0.4, 0.5) is 0 Å². The lowest BCUT2D eigenvalue weighted by molar-refractivity contribution is -0.240. The zero-order chi connectivity index (χ0) is 67.6. The molecule has 18 nitrogen and oxygen atoms in total. The van der Waals surface area contributed by atoms with Crippen LogP contribution in [0.3, 0.4) is 0 Å². The van der Waals surface area contributed by atoms with E-state index in [9.17, 15) is 0 Å². The van der Waals surface area contributed by atoms with E-state index in [1.54, 1.807) is 243 Å². The Kier molecular flexibility index (Phi) is 26.8. The number of hydrogen-bond acceptors (Lipinski definition) is 18. The quantitative estimate of drug-likeness (QED) is 0.0331. The molecule has 10 aromatic carbocycles. The van der Waals surface area contributed by atoms with Gasteiger partial charge in [0.15, 0.2) is 0 Å². The van der Waals surface area contributed by atoms with Crippen molar-refractivity contribution in [1.29, 1.82) is 0 Å². The summed E-state index contributed by atoms with van der Waals surface area (Å²) in [6, 6.07) is 89.5. The molecule has 1 saturated carbocycles. The first-order chi connectivity index (χ1) is 47.9. The first kappa shape index (κ1) is 71.8. The Bertz CT molecular complexity index is 3450. The third-order valence-electron chi connectivity index (χ3n) is 15.4. The van der Waals surface area contributed by atoms with Crippen LogP contribution in [-0.2, 0) is 148 Å². The third kappa shape index (κ3) is 22.3. The number of benzene rings is 10. The Morgan fingerprint density at radius 1 is 0.173 bits per heavy atom. The van der Waals surface area contributed by atoms with Gasteiger partial charge >= 0.3 is 31.3 Å². The Balaban J connectivity index is 1.15. The summed E-state index contributed by atoms with van der Waals surface area (Å²) in [4.78, 5) is 0. The average molecular weight is 1400 g/mol. The lowest BCUT2D eigenvalue weighted by atomic mass is 9.84. The van der Waals surface area contributed by atoms with Crippen molar-refractivity contribution < 1.29 is 82.0 Å². The van der Waals surface area contributed by atoms with Crippen LogP contribution in [0.15, 0.2) is 303 Å². The van der Waals surface area contributed by atoms with Gasteiger partial charge < -0.3 is 9.47 Å². The molecule has 0 spiro atoms.